The van der Waals surface area contributed by atoms with Gasteiger partial charge in [-0.25, -0.2) is 4.79 Å². The lowest BCUT2D eigenvalue weighted by atomic mass is 9.86. The predicted octanol–water partition coefficient (Wildman–Crippen LogP) is 2.56. The first kappa shape index (κ1) is 20.0. The fraction of sp³-hybridized carbons (Fsp3) is 0.579. The van der Waals surface area contributed by atoms with Crippen molar-refractivity contribution in [1.82, 2.24) is 5.32 Å². The van der Waals surface area contributed by atoms with E-state index < -0.39 is 23.7 Å². The molecule has 0 heterocycles. The van der Waals surface area contributed by atoms with Crippen molar-refractivity contribution in [3.8, 4) is 0 Å². The summed E-state index contributed by atoms with van der Waals surface area (Å²) >= 11 is 0. The number of carbonyl (C=O) groups excluding carboxylic acids is 2. The third kappa shape index (κ3) is 7.49. The molecule has 1 rings (SSSR count). The third-order valence-electron chi connectivity index (χ3n) is 3.44. The molecule has 0 unspecified atom stereocenters. The van der Waals surface area contributed by atoms with Gasteiger partial charge in [-0.1, -0.05) is 45.0 Å². The molecule has 1 atom stereocenters. The van der Waals surface area contributed by atoms with Crippen molar-refractivity contribution in [2.24, 2.45) is 0 Å². The van der Waals surface area contributed by atoms with Gasteiger partial charge in [0.2, 0.25) is 0 Å². The Labute approximate surface area is 144 Å². The van der Waals surface area contributed by atoms with Gasteiger partial charge in [-0.2, -0.15) is 0 Å². The zero-order valence-electron chi connectivity index (χ0n) is 15.4. The summed E-state index contributed by atoms with van der Waals surface area (Å²) in [7, 11) is 0. The Bertz CT molecular complexity index is 565. The number of carboxylic acid groups (broad SMARTS) is 1. The predicted molar refractivity (Wildman–Crippen MR) is 91.6 cm³/mol. The Morgan fingerprint density at radius 3 is 2.04 bits per heavy atom. The molecule has 1 N–H and O–H groups in total. The van der Waals surface area contributed by atoms with E-state index in [9.17, 15) is 14.7 Å². The van der Waals surface area contributed by atoms with Gasteiger partial charge in [-0.3, -0.25) is 0 Å². The molecule has 0 aliphatic heterocycles. The summed E-state index contributed by atoms with van der Waals surface area (Å²) in [5.74, 6) is -1.21. The van der Waals surface area contributed by atoms with Crippen molar-refractivity contribution in [3.05, 3.63) is 35.4 Å². The lowest BCUT2D eigenvalue weighted by Crippen LogP contribution is -2.43. The SMILES string of the molecule is CC(C)(C)OC(=O)N[C@H](CC(=O)[O-])Cc1ccc(C(C)(C)C)cc1. The summed E-state index contributed by atoms with van der Waals surface area (Å²) in [6.07, 6.45) is -0.488. The first-order valence-corrected chi connectivity index (χ1v) is 8.15. The number of ether oxygens (including phenoxy) is 1. The molecular formula is C19H28NO4-. The molecule has 24 heavy (non-hydrogen) atoms. The molecule has 0 aromatic heterocycles. The second-order valence-corrected chi connectivity index (χ2v) is 8.07. The number of carboxylic acids is 1. The van der Waals surface area contributed by atoms with Crippen LogP contribution >= 0.6 is 0 Å². The minimum Gasteiger partial charge on any atom is -0.550 e. The summed E-state index contributed by atoms with van der Waals surface area (Å²) in [4.78, 5) is 22.8. The molecule has 5 heteroatoms. The van der Waals surface area contributed by atoms with Crippen molar-refractivity contribution in [3.63, 3.8) is 0 Å². The highest BCUT2D eigenvalue weighted by Gasteiger charge is 2.20. The fourth-order valence-electron chi connectivity index (χ4n) is 2.27. The molecule has 134 valence electrons. The highest BCUT2D eigenvalue weighted by atomic mass is 16.6. The normalized spacial score (nSPS) is 13.2. The molecule has 0 spiro atoms. The highest BCUT2D eigenvalue weighted by Crippen LogP contribution is 2.22. The smallest absolute Gasteiger partial charge is 0.407 e. The van der Waals surface area contributed by atoms with Gasteiger partial charge in [0.05, 0.1) is 0 Å². The zero-order valence-corrected chi connectivity index (χ0v) is 15.4. The van der Waals surface area contributed by atoms with E-state index in [1.165, 1.54) is 5.56 Å². The van der Waals surface area contributed by atoms with Gasteiger partial charge in [0.15, 0.2) is 0 Å². The van der Waals surface area contributed by atoms with Gasteiger partial charge in [-0.15, -0.1) is 0 Å². The standard InChI is InChI=1S/C19H29NO4/c1-18(2,3)14-9-7-13(8-10-14)11-15(12-16(21)22)20-17(23)24-19(4,5)6/h7-10,15H,11-12H2,1-6H3,(H,20,23)(H,21,22)/p-1/t15-/m0/s1. The van der Waals surface area contributed by atoms with Gasteiger partial charge in [0.1, 0.15) is 5.60 Å². The van der Waals surface area contributed by atoms with Crippen LogP contribution in [-0.4, -0.2) is 23.7 Å². The van der Waals surface area contributed by atoms with E-state index in [-0.39, 0.29) is 11.8 Å². The van der Waals surface area contributed by atoms with Crippen molar-refractivity contribution in [1.29, 1.82) is 0 Å². The molecule has 0 aliphatic carbocycles. The topological polar surface area (TPSA) is 78.5 Å². The van der Waals surface area contributed by atoms with Crippen LogP contribution in [0.15, 0.2) is 24.3 Å². The molecule has 1 aromatic rings. The molecule has 0 bridgehead atoms. The van der Waals surface area contributed by atoms with Crippen LogP contribution in [-0.2, 0) is 21.4 Å². The molecule has 0 saturated heterocycles. The number of hydrogen-bond donors (Lipinski definition) is 1. The van der Waals surface area contributed by atoms with E-state index in [0.29, 0.717) is 6.42 Å². The van der Waals surface area contributed by atoms with Crippen molar-refractivity contribution in [2.75, 3.05) is 0 Å². The number of benzene rings is 1. The molecule has 0 aliphatic rings. The summed E-state index contributed by atoms with van der Waals surface area (Å²) in [6.45, 7) is 11.7. The maximum absolute atomic E-state index is 11.9. The van der Waals surface area contributed by atoms with Crippen LogP contribution in [0.4, 0.5) is 4.79 Å². The minimum absolute atomic E-state index is 0.0533. The molecule has 0 saturated carbocycles. The van der Waals surface area contributed by atoms with E-state index >= 15 is 0 Å². The van der Waals surface area contributed by atoms with E-state index in [1.54, 1.807) is 20.8 Å². The maximum Gasteiger partial charge on any atom is 0.407 e. The van der Waals surface area contributed by atoms with Gasteiger partial charge in [0, 0.05) is 18.4 Å². The summed E-state index contributed by atoms with van der Waals surface area (Å²) in [5.41, 5.74) is 1.57. The first-order chi connectivity index (χ1) is 10.9. The van der Waals surface area contributed by atoms with Crippen molar-refractivity contribution >= 4 is 12.1 Å². The van der Waals surface area contributed by atoms with Gasteiger partial charge in [0.25, 0.3) is 0 Å². The second-order valence-electron chi connectivity index (χ2n) is 8.07. The van der Waals surface area contributed by atoms with E-state index in [0.717, 1.165) is 5.56 Å². The maximum atomic E-state index is 11.9. The van der Waals surface area contributed by atoms with Gasteiger partial charge in [-0.05, 0) is 43.7 Å². The van der Waals surface area contributed by atoms with Crippen molar-refractivity contribution < 1.29 is 19.4 Å². The number of amides is 1. The number of hydrogen-bond acceptors (Lipinski definition) is 4. The van der Waals surface area contributed by atoms with Gasteiger partial charge >= 0.3 is 6.09 Å². The number of carbonyl (C=O) groups is 2. The Morgan fingerprint density at radius 2 is 1.62 bits per heavy atom. The summed E-state index contributed by atoms with van der Waals surface area (Å²) < 4.78 is 5.19. The average molecular weight is 334 g/mol. The summed E-state index contributed by atoms with van der Waals surface area (Å²) in [6, 6.07) is 7.39. The van der Waals surface area contributed by atoms with Gasteiger partial charge < -0.3 is 20.0 Å². The Balaban J connectivity index is 2.79. The monoisotopic (exact) mass is 334 g/mol. The molecule has 1 amide bonds. The number of nitrogens with one attached hydrogen (secondary N) is 1. The van der Waals surface area contributed by atoms with Crippen LogP contribution in [0.3, 0.4) is 0 Å². The highest BCUT2D eigenvalue weighted by molar-refractivity contribution is 5.70. The quantitative estimate of drug-likeness (QED) is 0.897. The van der Waals surface area contributed by atoms with Crippen LogP contribution in [0, 0.1) is 0 Å². The Hall–Kier alpha value is -2.04. The number of rotatable bonds is 5. The molecule has 0 fully saturated rings. The van der Waals surface area contributed by atoms with Crippen molar-refractivity contribution in [2.45, 2.75) is 71.4 Å². The zero-order chi connectivity index (χ0) is 18.5. The largest absolute Gasteiger partial charge is 0.550 e. The fourth-order valence-corrected chi connectivity index (χ4v) is 2.27. The van der Waals surface area contributed by atoms with Crippen LogP contribution < -0.4 is 10.4 Å². The molecule has 1 aromatic carbocycles. The van der Waals surface area contributed by atoms with E-state index in [2.05, 4.69) is 26.1 Å². The Kier molecular flexibility index (Phi) is 6.41. The molecule has 0 radical (unpaired) electrons. The van der Waals surface area contributed by atoms with Crippen LogP contribution in [0.2, 0.25) is 0 Å². The summed E-state index contributed by atoms with van der Waals surface area (Å²) in [5, 5.41) is 13.6. The molecular weight excluding hydrogens is 306 g/mol. The average Bonchev–Trinajstić information content (AvgIpc) is 2.34. The van der Waals surface area contributed by atoms with Crippen LogP contribution in [0.1, 0.15) is 59.1 Å². The number of aliphatic carboxylic acids is 1. The number of alkyl carbamates (subject to hydrolysis) is 1. The molecule has 5 nitrogen and oxygen atoms in total. The van der Waals surface area contributed by atoms with Crippen LogP contribution in [0.25, 0.3) is 0 Å². The van der Waals surface area contributed by atoms with Crippen LogP contribution in [0.5, 0.6) is 0 Å². The lowest BCUT2D eigenvalue weighted by molar-refractivity contribution is -0.306. The first-order valence-electron chi connectivity index (χ1n) is 8.15. The second kappa shape index (κ2) is 7.69. The van der Waals surface area contributed by atoms with E-state index in [1.807, 2.05) is 24.3 Å². The Morgan fingerprint density at radius 1 is 1.08 bits per heavy atom. The van der Waals surface area contributed by atoms with E-state index in [4.69, 9.17) is 4.74 Å². The lowest BCUT2D eigenvalue weighted by Gasteiger charge is -2.24. The minimum atomic E-state index is -1.21. The third-order valence-corrected chi connectivity index (χ3v) is 3.44.